The summed E-state index contributed by atoms with van der Waals surface area (Å²) in [7, 11) is 0. The third-order valence-corrected chi connectivity index (χ3v) is 4.44. The smallest absolute Gasteiger partial charge is 0.232 e. The zero-order valence-electron chi connectivity index (χ0n) is 12.6. The molecule has 2 aromatic heterocycles. The van der Waals surface area contributed by atoms with Gasteiger partial charge in [0.25, 0.3) is 0 Å². The highest BCUT2D eigenvalue weighted by Gasteiger charge is 2.33. The summed E-state index contributed by atoms with van der Waals surface area (Å²) in [6.07, 6.45) is 4.77. The summed E-state index contributed by atoms with van der Waals surface area (Å²) in [6, 6.07) is 5.13. The van der Waals surface area contributed by atoms with Gasteiger partial charge in [-0.1, -0.05) is 27.2 Å². The molecular weight excluding hydrogens is 377 g/mol. The molecule has 1 fully saturated rings. The SMILES string of the molecule is Fc1cc(Br)ccc1CN1CC(c2nc(-c3cnccn3)no2)C1. The summed E-state index contributed by atoms with van der Waals surface area (Å²) in [6.45, 7) is 2.09. The lowest BCUT2D eigenvalue weighted by Gasteiger charge is -2.37. The fourth-order valence-corrected chi connectivity index (χ4v) is 3.00. The van der Waals surface area contributed by atoms with Crippen molar-refractivity contribution in [3.05, 3.63) is 58.5 Å². The Morgan fingerprint density at radius 3 is 2.92 bits per heavy atom. The van der Waals surface area contributed by atoms with Crippen LogP contribution in [-0.2, 0) is 6.54 Å². The van der Waals surface area contributed by atoms with Crippen LogP contribution in [0.3, 0.4) is 0 Å². The number of halogens is 2. The molecule has 0 N–H and O–H groups in total. The van der Waals surface area contributed by atoms with E-state index >= 15 is 0 Å². The normalized spacial score (nSPS) is 15.4. The number of nitrogens with zero attached hydrogens (tertiary/aromatic N) is 5. The molecular formula is C16H13BrFN5O. The highest BCUT2D eigenvalue weighted by atomic mass is 79.9. The van der Waals surface area contributed by atoms with Gasteiger partial charge in [-0.05, 0) is 12.1 Å². The van der Waals surface area contributed by atoms with Gasteiger partial charge in [0.2, 0.25) is 11.7 Å². The highest BCUT2D eigenvalue weighted by Crippen LogP contribution is 2.29. The third-order valence-electron chi connectivity index (χ3n) is 3.95. The largest absolute Gasteiger partial charge is 0.339 e. The van der Waals surface area contributed by atoms with Crippen molar-refractivity contribution in [3.63, 3.8) is 0 Å². The minimum Gasteiger partial charge on any atom is -0.339 e. The Morgan fingerprint density at radius 1 is 1.29 bits per heavy atom. The van der Waals surface area contributed by atoms with Gasteiger partial charge in [0.15, 0.2) is 0 Å². The first-order valence-corrected chi connectivity index (χ1v) is 8.24. The third kappa shape index (κ3) is 3.07. The average molecular weight is 390 g/mol. The molecule has 0 bridgehead atoms. The van der Waals surface area contributed by atoms with E-state index in [0.717, 1.165) is 17.6 Å². The first kappa shape index (κ1) is 15.3. The van der Waals surface area contributed by atoms with Gasteiger partial charge in [-0.2, -0.15) is 4.98 Å². The van der Waals surface area contributed by atoms with Gasteiger partial charge >= 0.3 is 0 Å². The molecule has 0 amide bonds. The van der Waals surface area contributed by atoms with E-state index < -0.39 is 0 Å². The summed E-state index contributed by atoms with van der Waals surface area (Å²) in [5.41, 5.74) is 1.27. The molecule has 122 valence electrons. The number of hydrogen-bond donors (Lipinski definition) is 0. The van der Waals surface area contributed by atoms with E-state index in [0.29, 0.717) is 29.5 Å². The van der Waals surface area contributed by atoms with Crippen LogP contribution in [0.5, 0.6) is 0 Å². The van der Waals surface area contributed by atoms with E-state index in [1.54, 1.807) is 24.7 Å². The van der Waals surface area contributed by atoms with Crippen LogP contribution in [0.4, 0.5) is 4.39 Å². The van der Waals surface area contributed by atoms with Gasteiger partial charge in [-0.3, -0.25) is 9.88 Å². The van der Waals surface area contributed by atoms with Crippen molar-refractivity contribution in [3.8, 4) is 11.5 Å². The Bertz CT molecular complexity index is 851. The second-order valence-electron chi connectivity index (χ2n) is 5.67. The van der Waals surface area contributed by atoms with E-state index in [4.69, 9.17) is 4.52 Å². The zero-order valence-corrected chi connectivity index (χ0v) is 14.1. The van der Waals surface area contributed by atoms with Crippen molar-refractivity contribution < 1.29 is 8.91 Å². The van der Waals surface area contributed by atoms with Crippen molar-refractivity contribution in [2.75, 3.05) is 13.1 Å². The minimum atomic E-state index is -0.199. The quantitative estimate of drug-likeness (QED) is 0.682. The Labute approximate surface area is 145 Å². The van der Waals surface area contributed by atoms with Crippen molar-refractivity contribution in [2.24, 2.45) is 0 Å². The monoisotopic (exact) mass is 389 g/mol. The molecule has 4 rings (SSSR count). The van der Waals surface area contributed by atoms with Crippen molar-refractivity contribution in [1.29, 1.82) is 0 Å². The van der Waals surface area contributed by atoms with Crippen LogP contribution >= 0.6 is 15.9 Å². The molecule has 6 nitrogen and oxygen atoms in total. The summed E-state index contributed by atoms with van der Waals surface area (Å²) in [5.74, 6) is 0.996. The van der Waals surface area contributed by atoms with Crippen molar-refractivity contribution in [2.45, 2.75) is 12.5 Å². The lowest BCUT2D eigenvalue weighted by Crippen LogP contribution is -2.44. The maximum absolute atomic E-state index is 13.9. The van der Waals surface area contributed by atoms with Crippen LogP contribution < -0.4 is 0 Å². The lowest BCUT2D eigenvalue weighted by atomic mass is 9.99. The van der Waals surface area contributed by atoms with Gasteiger partial charge in [0, 0.05) is 42.1 Å². The molecule has 0 aliphatic carbocycles. The highest BCUT2D eigenvalue weighted by molar-refractivity contribution is 9.10. The van der Waals surface area contributed by atoms with E-state index in [9.17, 15) is 4.39 Å². The maximum Gasteiger partial charge on any atom is 0.232 e. The van der Waals surface area contributed by atoms with Crippen LogP contribution in [0.1, 0.15) is 17.4 Å². The zero-order chi connectivity index (χ0) is 16.5. The molecule has 0 radical (unpaired) electrons. The molecule has 0 saturated carbocycles. The lowest BCUT2D eigenvalue weighted by molar-refractivity contribution is 0.116. The fraction of sp³-hybridized carbons (Fsp3) is 0.250. The molecule has 1 aliphatic heterocycles. The van der Waals surface area contributed by atoms with Crippen LogP contribution in [0, 0.1) is 5.82 Å². The Kier molecular flexibility index (Phi) is 4.07. The molecule has 1 saturated heterocycles. The van der Waals surface area contributed by atoms with Gasteiger partial charge in [-0.25, -0.2) is 9.37 Å². The van der Waals surface area contributed by atoms with Gasteiger partial charge in [-0.15, -0.1) is 0 Å². The number of likely N-dealkylation sites (tertiary alicyclic amines) is 1. The Hall–Kier alpha value is -2.19. The van der Waals surface area contributed by atoms with Gasteiger partial charge in [0.05, 0.1) is 12.1 Å². The molecule has 0 atom stereocenters. The second-order valence-corrected chi connectivity index (χ2v) is 6.59. The predicted molar refractivity (Wildman–Crippen MR) is 87.4 cm³/mol. The summed E-state index contributed by atoms with van der Waals surface area (Å²) >= 11 is 3.26. The number of benzene rings is 1. The van der Waals surface area contributed by atoms with Crippen LogP contribution in [0.15, 0.2) is 45.8 Å². The summed E-state index contributed by atoms with van der Waals surface area (Å²) in [4.78, 5) is 14.7. The molecule has 0 spiro atoms. The number of rotatable bonds is 4. The minimum absolute atomic E-state index is 0.168. The first-order chi connectivity index (χ1) is 11.7. The van der Waals surface area contributed by atoms with E-state index in [1.165, 1.54) is 6.07 Å². The molecule has 0 unspecified atom stereocenters. The maximum atomic E-state index is 13.9. The van der Waals surface area contributed by atoms with E-state index in [1.807, 2.05) is 6.07 Å². The van der Waals surface area contributed by atoms with E-state index in [2.05, 4.69) is 40.9 Å². The second kappa shape index (κ2) is 6.37. The van der Waals surface area contributed by atoms with Gasteiger partial charge < -0.3 is 4.52 Å². The van der Waals surface area contributed by atoms with Crippen molar-refractivity contribution >= 4 is 15.9 Å². The van der Waals surface area contributed by atoms with Crippen LogP contribution in [-0.4, -0.2) is 38.1 Å². The topological polar surface area (TPSA) is 67.9 Å². The Morgan fingerprint density at radius 2 is 2.17 bits per heavy atom. The van der Waals surface area contributed by atoms with Crippen LogP contribution in [0.2, 0.25) is 0 Å². The molecule has 1 aliphatic rings. The fourth-order valence-electron chi connectivity index (χ4n) is 2.67. The Balaban J connectivity index is 1.38. The molecule has 3 aromatic rings. The standard InChI is InChI=1S/C16H13BrFN5O/c17-12-2-1-10(13(18)5-12)7-23-8-11(9-23)16-21-15(22-24-16)14-6-19-3-4-20-14/h1-6,11H,7-9H2. The van der Waals surface area contributed by atoms with Gasteiger partial charge in [0.1, 0.15) is 11.5 Å². The molecule has 1 aromatic carbocycles. The average Bonchev–Trinajstić information content (AvgIpc) is 3.02. The summed E-state index contributed by atoms with van der Waals surface area (Å²) < 4.78 is 19.9. The molecule has 24 heavy (non-hydrogen) atoms. The summed E-state index contributed by atoms with van der Waals surface area (Å²) in [5, 5.41) is 3.95. The number of aromatic nitrogens is 4. The van der Waals surface area contributed by atoms with E-state index in [-0.39, 0.29) is 11.7 Å². The number of hydrogen-bond acceptors (Lipinski definition) is 6. The van der Waals surface area contributed by atoms with Crippen LogP contribution in [0.25, 0.3) is 11.5 Å². The molecule has 8 heteroatoms. The van der Waals surface area contributed by atoms with Crippen molar-refractivity contribution in [1.82, 2.24) is 25.0 Å². The molecule has 3 heterocycles. The predicted octanol–water partition coefficient (Wildman–Crippen LogP) is 3.03. The first-order valence-electron chi connectivity index (χ1n) is 7.45.